The molecule has 0 radical (unpaired) electrons. The number of rotatable bonds is 7. The number of hydrogen-bond acceptors (Lipinski definition) is 2. The number of fused-ring (bicyclic) bond motifs is 1. The zero-order valence-corrected chi connectivity index (χ0v) is 16.9. The second-order valence-electron chi connectivity index (χ2n) is 6.79. The summed E-state index contributed by atoms with van der Waals surface area (Å²) in [7, 11) is 4.30. The molecule has 1 N–H and O–H groups in total. The molecule has 4 nitrogen and oxygen atoms in total. The summed E-state index contributed by atoms with van der Waals surface area (Å²) in [4.78, 5) is 14.3. The summed E-state index contributed by atoms with van der Waals surface area (Å²) in [6, 6.07) is 18.3. The number of halogens is 1. The Morgan fingerprint density at radius 2 is 1.70 bits per heavy atom. The number of carbonyl (C=O) groups excluding carboxylic acids is 1. The van der Waals surface area contributed by atoms with Crippen LogP contribution in [0.5, 0.6) is 0 Å². The molecule has 0 bridgehead atoms. The predicted molar refractivity (Wildman–Crippen MR) is 106 cm³/mol. The highest BCUT2D eigenvalue weighted by Crippen LogP contribution is 2.35. The van der Waals surface area contributed by atoms with Crippen molar-refractivity contribution in [1.82, 2.24) is 4.57 Å². The Bertz CT molecular complexity index is 888. The minimum Gasteiger partial charge on any atom is -1.00 e. The van der Waals surface area contributed by atoms with Crippen LogP contribution in [0.25, 0.3) is 22.0 Å². The van der Waals surface area contributed by atoms with Gasteiger partial charge in [-0.3, -0.25) is 0 Å². The normalized spacial score (nSPS) is 10.8. The standard InChI is InChI=1S/C22H26N2O2.ClH/c1-4-26-22(25)21-20(17-11-6-5-7-12-17)18-13-8-9-14-19(18)24(21)16-10-15-23(2)3;/h5-9,11-14H,4,10,15-16H2,1-3H3;1H. The van der Waals surface area contributed by atoms with E-state index in [1.54, 1.807) is 0 Å². The average molecular weight is 387 g/mol. The van der Waals surface area contributed by atoms with E-state index in [1.807, 2.05) is 37.3 Å². The summed E-state index contributed by atoms with van der Waals surface area (Å²) in [6.07, 6.45) is 1.00. The molecular weight excluding hydrogens is 360 g/mol. The van der Waals surface area contributed by atoms with Crippen LogP contribution in [0.15, 0.2) is 54.6 Å². The van der Waals surface area contributed by atoms with Gasteiger partial charge in [0.2, 0.25) is 0 Å². The maximum absolute atomic E-state index is 12.9. The van der Waals surface area contributed by atoms with Crippen LogP contribution in [0.2, 0.25) is 0 Å². The molecule has 0 saturated heterocycles. The molecule has 27 heavy (non-hydrogen) atoms. The Morgan fingerprint density at radius 1 is 1.04 bits per heavy atom. The summed E-state index contributed by atoms with van der Waals surface area (Å²) < 4.78 is 7.56. The van der Waals surface area contributed by atoms with Crippen LogP contribution in [0.1, 0.15) is 23.8 Å². The van der Waals surface area contributed by atoms with E-state index in [4.69, 9.17) is 4.74 Å². The van der Waals surface area contributed by atoms with E-state index < -0.39 is 0 Å². The Morgan fingerprint density at radius 3 is 2.37 bits per heavy atom. The van der Waals surface area contributed by atoms with E-state index in [9.17, 15) is 4.79 Å². The Kier molecular flexibility index (Phi) is 7.45. The van der Waals surface area contributed by atoms with Gasteiger partial charge in [-0.2, -0.15) is 0 Å². The van der Waals surface area contributed by atoms with Gasteiger partial charge in [-0.25, -0.2) is 4.79 Å². The lowest BCUT2D eigenvalue weighted by Gasteiger charge is -2.13. The first kappa shape index (κ1) is 21.0. The molecule has 0 aliphatic carbocycles. The number of benzene rings is 2. The van der Waals surface area contributed by atoms with E-state index in [1.165, 1.54) is 4.90 Å². The van der Waals surface area contributed by atoms with Crippen LogP contribution < -0.4 is 17.3 Å². The number of carbonyl (C=O) groups is 1. The number of nitrogens with one attached hydrogen (secondary N) is 1. The fraction of sp³-hybridized carbons (Fsp3) is 0.318. The number of quaternary nitrogens is 1. The second kappa shape index (κ2) is 9.58. The van der Waals surface area contributed by atoms with Gasteiger partial charge in [0, 0.05) is 29.4 Å². The van der Waals surface area contributed by atoms with Crippen molar-refractivity contribution in [2.75, 3.05) is 27.2 Å². The summed E-state index contributed by atoms with van der Waals surface area (Å²) >= 11 is 0. The fourth-order valence-corrected chi connectivity index (χ4v) is 3.44. The van der Waals surface area contributed by atoms with Gasteiger partial charge in [-0.05, 0) is 18.6 Å². The van der Waals surface area contributed by atoms with Crippen molar-refractivity contribution in [3.05, 3.63) is 60.3 Å². The van der Waals surface area contributed by atoms with Gasteiger partial charge in [-0.15, -0.1) is 0 Å². The lowest BCUT2D eigenvalue weighted by molar-refractivity contribution is -0.858. The minimum absolute atomic E-state index is 0. The lowest BCUT2D eigenvalue weighted by atomic mass is 10.0. The molecule has 2 aromatic carbocycles. The molecule has 0 aliphatic rings. The predicted octanol–water partition coefficient (Wildman–Crippen LogP) is 0.0236. The Balaban J connectivity index is 0.00000261. The lowest BCUT2D eigenvalue weighted by Crippen LogP contribution is -3.05. The van der Waals surface area contributed by atoms with E-state index in [2.05, 4.69) is 42.9 Å². The molecule has 0 spiro atoms. The van der Waals surface area contributed by atoms with Gasteiger partial charge < -0.3 is 26.6 Å². The number of aromatic nitrogens is 1. The van der Waals surface area contributed by atoms with Crippen molar-refractivity contribution in [3.8, 4) is 11.1 Å². The number of aryl methyl sites for hydroxylation is 1. The van der Waals surface area contributed by atoms with E-state index in [0.717, 1.165) is 41.5 Å². The van der Waals surface area contributed by atoms with Gasteiger partial charge in [0.15, 0.2) is 0 Å². The molecule has 5 heteroatoms. The number of ether oxygens (including phenoxy) is 1. The third-order valence-electron chi connectivity index (χ3n) is 4.56. The van der Waals surface area contributed by atoms with Crippen molar-refractivity contribution in [1.29, 1.82) is 0 Å². The van der Waals surface area contributed by atoms with Crippen LogP contribution in [0.4, 0.5) is 0 Å². The number of para-hydroxylation sites is 1. The van der Waals surface area contributed by atoms with Crippen LogP contribution in [-0.2, 0) is 11.3 Å². The second-order valence-corrected chi connectivity index (χ2v) is 6.79. The summed E-state index contributed by atoms with van der Waals surface area (Å²) in [5.74, 6) is -0.250. The van der Waals surface area contributed by atoms with Gasteiger partial charge in [0.05, 0.1) is 27.2 Å². The van der Waals surface area contributed by atoms with Crippen molar-refractivity contribution in [2.45, 2.75) is 19.9 Å². The molecule has 0 unspecified atom stereocenters. The van der Waals surface area contributed by atoms with Gasteiger partial charge in [-0.1, -0.05) is 48.5 Å². The highest BCUT2D eigenvalue weighted by atomic mass is 35.5. The molecule has 3 rings (SSSR count). The topological polar surface area (TPSA) is 35.7 Å². The first-order chi connectivity index (χ1) is 12.6. The van der Waals surface area contributed by atoms with Crippen LogP contribution >= 0.6 is 0 Å². The molecule has 0 saturated carbocycles. The largest absolute Gasteiger partial charge is 1.00 e. The first-order valence-corrected chi connectivity index (χ1v) is 9.26. The Labute approximate surface area is 167 Å². The molecule has 0 aliphatic heterocycles. The van der Waals surface area contributed by atoms with Crippen molar-refractivity contribution in [2.24, 2.45) is 0 Å². The number of hydrogen-bond donors (Lipinski definition) is 1. The highest BCUT2D eigenvalue weighted by molar-refractivity contribution is 6.08. The van der Waals surface area contributed by atoms with E-state index in [-0.39, 0.29) is 18.4 Å². The zero-order chi connectivity index (χ0) is 18.5. The fourth-order valence-electron chi connectivity index (χ4n) is 3.44. The van der Waals surface area contributed by atoms with Crippen LogP contribution in [0, 0.1) is 0 Å². The molecule has 0 atom stereocenters. The van der Waals surface area contributed by atoms with Crippen LogP contribution in [-0.4, -0.2) is 37.8 Å². The average Bonchev–Trinajstić information content (AvgIpc) is 2.97. The summed E-state index contributed by atoms with van der Waals surface area (Å²) in [6.45, 7) is 4.07. The number of esters is 1. The van der Waals surface area contributed by atoms with Gasteiger partial charge >= 0.3 is 5.97 Å². The van der Waals surface area contributed by atoms with E-state index in [0.29, 0.717) is 12.3 Å². The number of nitrogens with zero attached hydrogens (tertiary/aromatic N) is 1. The molecule has 1 heterocycles. The van der Waals surface area contributed by atoms with Crippen molar-refractivity contribution < 1.29 is 26.8 Å². The SMILES string of the molecule is CCOC(=O)c1c(-c2ccccc2)c2ccccc2n1CCC[NH+](C)C.[Cl-]. The Hall–Kier alpha value is -2.30. The highest BCUT2D eigenvalue weighted by Gasteiger charge is 2.24. The smallest absolute Gasteiger partial charge is 0.355 e. The van der Waals surface area contributed by atoms with Gasteiger partial charge in [0.1, 0.15) is 5.69 Å². The third-order valence-corrected chi connectivity index (χ3v) is 4.56. The minimum atomic E-state index is -0.250. The third kappa shape index (κ3) is 4.52. The maximum atomic E-state index is 12.9. The van der Waals surface area contributed by atoms with E-state index >= 15 is 0 Å². The van der Waals surface area contributed by atoms with Crippen LogP contribution in [0.3, 0.4) is 0 Å². The zero-order valence-electron chi connectivity index (χ0n) is 16.2. The van der Waals surface area contributed by atoms with Gasteiger partial charge in [0.25, 0.3) is 0 Å². The molecule has 1 aromatic heterocycles. The van der Waals surface area contributed by atoms with Crippen molar-refractivity contribution >= 4 is 16.9 Å². The molecule has 0 amide bonds. The van der Waals surface area contributed by atoms with Crippen molar-refractivity contribution in [3.63, 3.8) is 0 Å². The first-order valence-electron chi connectivity index (χ1n) is 9.26. The molecule has 3 aromatic rings. The monoisotopic (exact) mass is 386 g/mol. The quantitative estimate of drug-likeness (QED) is 0.581. The molecule has 144 valence electrons. The summed E-state index contributed by atoms with van der Waals surface area (Å²) in [5.41, 5.74) is 3.76. The summed E-state index contributed by atoms with van der Waals surface area (Å²) in [5, 5.41) is 1.10. The molecule has 0 fully saturated rings. The maximum Gasteiger partial charge on any atom is 0.355 e. The molecular formula is C22H27ClN2O2.